The van der Waals surface area contributed by atoms with Crippen LogP contribution in [0.1, 0.15) is 12.8 Å². The number of thioether (sulfide) groups is 1. The average Bonchev–Trinajstić information content (AvgIpc) is 2.65. The molecule has 5 nitrogen and oxygen atoms in total. The molecule has 7 heteroatoms. The number of nitrogens with two attached hydrogens (primary N) is 1. The van der Waals surface area contributed by atoms with Crippen molar-refractivity contribution >= 4 is 35.3 Å². The van der Waals surface area contributed by atoms with Gasteiger partial charge in [0.05, 0.1) is 0 Å². The van der Waals surface area contributed by atoms with Crippen LogP contribution in [0.4, 0.5) is 11.9 Å². The first-order valence-electron chi connectivity index (χ1n) is 4.76. The summed E-state index contributed by atoms with van der Waals surface area (Å²) in [6.45, 7) is 0.852. The number of hydrogen-bond acceptors (Lipinski definition) is 6. The van der Waals surface area contributed by atoms with E-state index in [9.17, 15) is 0 Å². The van der Waals surface area contributed by atoms with Gasteiger partial charge < -0.3 is 11.1 Å². The van der Waals surface area contributed by atoms with Gasteiger partial charge in [0.15, 0.2) is 0 Å². The Morgan fingerprint density at radius 1 is 1.47 bits per heavy atom. The standard InChI is InChI=1S/C8H12ClN5S/c9-6-12-7(10)14-8(13-6)11-4-5-2-1-3-15-5/h5H,1-4H2,(H3,10,11,12,13,14). The van der Waals surface area contributed by atoms with Crippen molar-refractivity contribution in [2.75, 3.05) is 23.3 Å². The number of nitrogens with zero attached hydrogens (tertiary/aromatic N) is 3. The molecule has 0 bridgehead atoms. The molecule has 2 rings (SSSR count). The Kier molecular flexibility index (Phi) is 3.48. The summed E-state index contributed by atoms with van der Waals surface area (Å²) in [4.78, 5) is 11.6. The van der Waals surface area contributed by atoms with Gasteiger partial charge in [-0.25, -0.2) is 0 Å². The molecule has 0 radical (unpaired) electrons. The molecular weight excluding hydrogens is 234 g/mol. The highest BCUT2D eigenvalue weighted by Gasteiger charge is 2.15. The Bertz CT molecular complexity index is 322. The maximum Gasteiger partial charge on any atom is 0.228 e. The fourth-order valence-corrected chi connectivity index (χ4v) is 2.82. The Labute approximate surface area is 97.2 Å². The molecule has 1 fully saturated rings. The van der Waals surface area contributed by atoms with E-state index in [1.807, 2.05) is 11.8 Å². The molecule has 2 heterocycles. The van der Waals surface area contributed by atoms with Crippen LogP contribution in [0.3, 0.4) is 0 Å². The van der Waals surface area contributed by atoms with E-state index in [1.54, 1.807) is 0 Å². The van der Waals surface area contributed by atoms with Gasteiger partial charge in [-0.3, -0.25) is 0 Å². The molecule has 1 saturated heterocycles. The molecule has 82 valence electrons. The first kappa shape index (κ1) is 10.8. The van der Waals surface area contributed by atoms with Crippen LogP contribution in [0.15, 0.2) is 0 Å². The van der Waals surface area contributed by atoms with E-state index in [-0.39, 0.29) is 11.2 Å². The van der Waals surface area contributed by atoms with Crippen LogP contribution < -0.4 is 11.1 Å². The molecule has 1 unspecified atom stereocenters. The van der Waals surface area contributed by atoms with Gasteiger partial charge in [0.25, 0.3) is 0 Å². The summed E-state index contributed by atoms with van der Waals surface area (Å²) in [7, 11) is 0. The summed E-state index contributed by atoms with van der Waals surface area (Å²) in [6.07, 6.45) is 2.53. The summed E-state index contributed by atoms with van der Waals surface area (Å²) in [5.74, 6) is 1.85. The van der Waals surface area contributed by atoms with Gasteiger partial charge in [-0.15, -0.1) is 0 Å². The van der Waals surface area contributed by atoms with Crippen molar-refractivity contribution in [2.45, 2.75) is 18.1 Å². The Hall–Kier alpha value is -0.750. The zero-order chi connectivity index (χ0) is 10.7. The highest BCUT2D eigenvalue weighted by Crippen LogP contribution is 2.25. The van der Waals surface area contributed by atoms with Crippen molar-refractivity contribution in [3.8, 4) is 0 Å². The third-order valence-corrected chi connectivity index (χ3v) is 3.70. The van der Waals surface area contributed by atoms with Crippen LogP contribution in [0, 0.1) is 0 Å². The van der Waals surface area contributed by atoms with E-state index in [4.69, 9.17) is 17.3 Å². The van der Waals surface area contributed by atoms with Crippen LogP contribution in [-0.2, 0) is 0 Å². The van der Waals surface area contributed by atoms with Gasteiger partial charge in [-0.1, -0.05) is 0 Å². The Morgan fingerprint density at radius 3 is 3.00 bits per heavy atom. The van der Waals surface area contributed by atoms with E-state index in [0.29, 0.717) is 11.2 Å². The molecule has 1 aliphatic rings. The maximum atomic E-state index is 5.66. The number of hydrogen-bond donors (Lipinski definition) is 2. The molecule has 0 aliphatic carbocycles. The van der Waals surface area contributed by atoms with E-state index >= 15 is 0 Å². The Balaban J connectivity index is 1.92. The van der Waals surface area contributed by atoms with E-state index in [1.165, 1.54) is 18.6 Å². The van der Waals surface area contributed by atoms with E-state index in [0.717, 1.165) is 6.54 Å². The van der Waals surface area contributed by atoms with Crippen LogP contribution in [-0.4, -0.2) is 32.5 Å². The predicted molar refractivity (Wildman–Crippen MR) is 63.2 cm³/mol. The zero-order valence-corrected chi connectivity index (χ0v) is 9.68. The van der Waals surface area contributed by atoms with Crippen LogP contribution >= 0.6 is 23.4 Å². The van der Waals surface area contributed by atoms with Gasteiger partial charge in [0, 0.05) is 11.8 Å². The van der Waals surface area contributed by atoms with Gasteiger partial charge in [0.2, 0.25) is 17.2 Å². The molecule has 1 aromatic rings. The monoisotopic (exact) mass is 245 g/mol. The molecule has 1 atom stereocenters. The van der Waals surface area contributed by atoms with Crippen LogP contribution in [0.25, 0.3) is 0 Å². The van der Waals surface area contributed by atoms with Gasteiger partial charge in [0.1, 0.15) is 0 Å². The topological polar surface area (TPSA) is 76.7 Å². The average molecular weight is 246 g/mol. The minimum atomic E-state index is 0.129. The third-order valence-electron chi connectivity index (χ3n) is 2.14. The number of nitrogen functional groups attached to an aromatic ring is 1. The van der Waals surface area contributed by atoms with Crippen molar-refractivity contribution < 1.29 is 0 Å². The van der Waals surface area contributed by atoms with Crippen molar-refractivity contribution in [1.82, 2.24) is 15.0 Å². The molecule has 0 spiro atoms. The molecule has 1 aromatic heterocycles. The maximum absolute atomic E-state index is 5.66. The quantitative estimate of drug-likeness (QED) is 0.839. The number of rotatable bonds is 3. The first-order valence-corrected chi connectivity index (χ1v) is 6.19. The molecule has 0 aromatic carbocycles. The predicted octanol–water partition coefficient (Wildman–Crippen LogP) is 1.41. The van der Waals surface area contributed by atoms with Gasteiger partial charge in [-0.05, 0) is 30.2 Å². The highest BCUT2D eigenvalue weighted by atomic mass is 35.5. The summed E-state index contributed by atoms with van der Waals surface area (Å²) in [5, 5.41) is 3.89. The summed E-state index contributed by atoms with van der Waals surface area (Å²) >= 11 is 7.63. The molecule has 15 heavy (non-hydrogen) atoms. The highest BCUT2D eigenvalue weighted by molar-refractivity contribution is 8.00. The molecule has 1 aliphatic heterocycles. The lowest BCUT2D eigenvalue weighted by atomic mass is 10.2. The lowest BCUT2D eigenvalue weighted by Crippen LogP contribution is -2.16. The summed E-state index contributed by atoms with van der Waals surface area (Å²) < 4.78 is 0. The summed E-state index contributed by atoms with van der Waals surface area (Å²) in [6, 6.07) is 0. The smallest absolute Gasteiger partial charge is 0.228 e. The molecular formula is C8H12ClN5S. The number of anilines is 2. The lowest BCUT2D eigenvalue weighted by Gasteiger charge is -2.09. The second-order valence-corrected chi connectivity index (χ2v) is 5.05. The third kappa shape index (κ3) is 3.10. The van der Waals surface area contributed by atoms with Crippen molar-refractivity contribution in [2.24, 2.45) is 0 Å². The van der Waals surface area contributed by atoms with Crippen LogP contribution in [0.5, 0.6) is 0 Å². The second-order valence-electron chi connectivity index (χ2n) is 3.30. The minimum absolute atomic E-state index is 0.129. The van der Waals surface area contributed by atoms with Gasteiger partial charge >= 0.3 is 0 Å². The second kappa shape index (κ2) is 4.85. The normalized spacial score (nSPS) is 20.5. The number of aromatic nitrogens is 3. The number of halogens is 1. The first-order chi connectivity index (χ1) is 7.24. The SMILES string of the molecule is Nc1nc(Cl)nc(NCC2CCCS2)n1. The molecule has 3 N–H and O–H groups in total. The molecule has 0 saturated carbocycles. The molecule has 0 amide bonds. The fraction of sp³-hybridized carbons (Fsp3) is 0.625. The van der Waals surface area contributed by atoms with E-state index < -0.39 is 0 Å². The fourth-order valence-electron chi connectivity index (χ4n) is 1.45. The Morgan fingerprint density at radius 2 is 2.33 bits per heavy atom. The van der Waals surface area contributed by atoms with Crippen LogP contribution in [0.2, 0.25) is 5.28 Å². The van der Waals surface area contributed by atoms with Gasteiger partial charge in [-0.2, -0.15) is 26.7 Å². The van der Waals surface area contributed by atoms with Crippen molar-refractivity contribution in [1.29, 1.82) is 0 Å². The summed E-state index contributed by atoms with van der Waals surface area (Å²) in [5.41, 5.74) is 5.45. The van der Waals surface area contributed by atoms with Crippen molar-refractivity contribution in [3.63, 3.8) is 0 Å². The van der Waals surface area contributed by atoms with Crippen molar-refractivity contribution in [3.05, 3.63) is 5.28 Å². The minimum Gasteiger partial charge on any atom is -0.368 e. The largest absolute Gasteiger partial charge is 0.368 e. The van der Waals surface area contributed by atoms with E-state index in [2.05, 4.69) is 20.3 Å². The number of nitrogens with one attached hydrogen (secondary N) is 1. The zero-order valence-electron chi connectivity index (χ0n) is 8.11. The lowest BCUT2D eigenvalue weighted by molar-refractivity contribution is 0.800.